The fourth-order valence-corrected chi connectivity index (χ4v) is 3.24. The minimum atomic E-state index is -0.689. The number of nitrogens with zero attached hydrogens (tertiary/aromatic N) is 1. The first-order valence-corrected chi connectivity index (χ1v) is 10.5. The number of rotatable bonds is 9. The van der Waals surface area contributed by atoms with Gasteiger partial charge in [0.2, 0.25) is 5.76 Å². The van der Waals surface area contributed by atoms with Crippen LogP contribution in [0.2, 0.25) is 0 Å². The van der Waals surface area contributed by atoms with Gasteiger partial charge in [-0.2, -0.15) is 0 Å². The van der Waals surface area contributed by atoms with E-state index in [9.17, 15) is 14.4 Å². The Morgan fingerprint density at radius 1 is 0.882 bits per heavy atom. The summed E-state index contributed by atoms with van der Waals surface area (Å²) in [6.45, 7) is 3.92. The van der Waals surface area contributed by atoms with Crippen LogP contribution in [0.15, 0.2) is 106 Å². The molecule has 8 heteroatoms. The summed E-state index contributed by atoms with van der Waals surface area (Å²) >= 11 is 0. The Morgan fingerprint density at radius 3 is 2.06 bits per heavy atom. The Bertz CT molecular complexity index is 1370. The van der Waals surface area contributed by atoms with Crippen molar-refractivity contribution in [1.29, 1.82) is 0 Å². The number of aromatic amines is 1. The van der Waals surface area contributed by atoms with Gasteiger partial charge in [0.1, 0.15) is 13.2 Å². The van der Waals surface area contributed by atoms with Gasteiger partial charge in [-0.3, -0.25) is 14.3 Å². The van der Waals surface area contributed by atoms with Crippen molar-refractivity contribution in [3.63, 3.8) is 0 Å². The molecular formula is C26H22N2O6. The van der Waals surface area contributed by atoms with Gasteiger partial charge in [0, 0.05) is 12.7 Å². The Balaban J connectivity index is 1.62. The summed E-state index contributed by atoms with van der Waals surface area (Å²) in [5.74, 6) is -0.467. The normalized spacial score (nSPS) is 14.2. The number of carbonyl (C=O) groups excluding carboxylic acids is 1. The number of carbonyl (C=O) groups is 1. The van der Waals surface area contributed by atoms with Crippen LogP contribution >= 0.6 is 0 Å². The van der Waals surface area contributed by atoms with Gasteiger partial charge in [0.05, 0.1) is 5.56 Å². The molecule has 2 heterocycles. The molecule has 0 unspecified atom stereocenters. The predicted molar refractivity (Wildman–Crippen MR) is 125 cm³/mol. The van der Waals surface area contributed by atoms with Crippen LogP contribution in [0, 0.1) is 0 Å². The van der Waals surface area contributed by atoms with E-state index in [1.165, 1.54) is 22.9 Å². The van der Waals surface area contributed by atoms with Gasteiger partial charge in [-0.25, -0.2) is 9.59 Å². The first-order valence-electron chi connectivity index (χ1n) is 10.5. The van der Waals surface area contributed by atoms with Crippen molar-refractivity contribution in [2.75, 3.05) is 0 Å². The van der Waals surface area contributed by atoms with E-state index in [0.717, 1.165) is 11.1 Å². The molecule has 0 aliphatic carbocycles. The van der Waals surface area contributed by atoms with Gasteiger partial charge in [-0.1, -0.05) is 73.3 Å². The molecule has 1 aliphatic rings. The van der Waals surface area contributed by atoms with Crippen molar-refractivity contribution in [1.82, 2.24) is 9.55 Å². The van der Waals surface area contributed by atoms with E-state index >= 15 is 0 Å². The number of benzene rings is 2. The average molecular weight is 458 g/mol. The van der Waals surface area contributed by atoms with Crippen LogP contribution in [0.1, 0.15) is 16.7 Å². The standard InChI is InChI=1S/C26H22N2O6/c1-2-20-15-28(26(31)27-24(20)29)14-13-21-22(32-16-18-9-5-3-6-10-18)23(25(30)34-21)33-17-19-11-7-4-8-12-19/h2-13,15H,1,14,16-17H2,(H,27,29,31)/b21-13-. The van der Waals surface area contributed by atoms with Crippen LogP contribution in [0.4, 0.5) is 0 Å². The molecule has 0 bridgehead atoms. The minimum absolute atomic E-state index is 0.0171. The van der Waals surface area contributed by atoms with Gasteiger partial charge >= 0.3 is 11.7 Å². The summed E-state index contributed by atoms with van der Waals surface area (Å²) in [6.07, 6.45) is 4.24. The van der Waals surface area contributed by atoms with Crippen molar-refractivity contribution in [3.05, 3.63) is 134 Å². The Kier molecular flexibility index (Phi) is 6.88. The summed E-state index contributed by atoms with van der Waals surface area (Å²) < 4.78 is 18.4. The van der Waals surface area contributed by atoms with Crippen LogP contribution in [0.3, 0.4) is 0 Å². The molecule has 0 amide bonds. The first kappa shape index (κ1) is 22.6. The Hall–Kier alpha value is -4.59. The third-order valence-electron chi connectivity index (χ3n) is 5.00. The van der Waals surface area contributed by atoms with E-state index in [4.69, 9.17) is 14.2 Å². The smallest absolute Gasteiger partial charge is 0.383 e. The van der Waals surface area contributed by atoms with Crippen molar-refractivity contribution in [2.45, 2.75) is 19.8 Å². The molecule has 0 atom stereocenters. The number of ether oxygens (including phenoxy) is 3. The molecule has 1 aromatic heterocycles. The summed E-state index contributed by atoms with van der Waals surface area (Å²) in [7, 11) is 0. The first-order chi connectivity index (χ1) is 16.5. The van der Waals surface area contributed by atoms with Crippen molar-refractivity contribution >= 4 is 12.0 Å². The van der Waals surface area contributed by atoms with Crippen LogP contribution in [0.5, 0.6) is 0 Å². The zero-order chi connectivity index (χ0) is 23.9. The Labute approximate surface area is 195 Å². The summed E-state index contributed by atoms with van der Waals surface area (Å²) in [4.78, 5) is 38.7. The number of allylic oxidation sites excluding steroid dienone is 1. The topological polar surface area (TPSA) is 99.6 Å². The molecule has 34 heavy (non-hydrogen) atoms. The molecule has 172 valence electrons. The lowest BCUT2D eigenvalue weighted by atomic mass is 10.2. The number of aromatic nitrogens is 2. The predicted octanol–water partition coefficient (Wildman–Crippen LogP) is 3.27. The molecule has 0 radical (unpaired) electrons. The van der Waals surface area contributed by atoms with Crippen LogP contribution in [-0.4, -0.2) is 15.5 Å². The maximum absolute atomic E-state index is 12.6. The largest absolute Gasteiger partial charge is 0.481 e. The molecule has 0 saturated carbocycles. The number of hydrogen-bond acceptors (Lipinski definition) is 6. The zero-order valence-corrected chi connectivity index (χ0v) is 18.2. The highest BCUT2D eigenvalue weighted by Gasteiger charge is 2.34. The van der Waals surface area contributed by atoms with E-state index < -0.39 is 17.2 Å². The third kappa shape index (κ3) is 5.24. The number of cyclic esters (lactones) is 1. The SMILES string of the molecule is C=Cc1cn(C/C=C2\OC(=O)C(OCc3ccccc3)=C2OCc2ccccc2)c(=O)[nH]c1=O. The maximum Gasteiger partial charge on any atom is 0.383 e. The molecule has 8 nitrogen and oxygen atoms in total. The Morgan fingerprint density at radius 2 is 1.47 bits per heavy atom. The molecule has 4 rings (SSSR count). The minimum Gasteiger partial charge on any atom is -0.481 e. The molecule has 0 fully saturated rings. The van der Waals surface area contributed by atoms with E-state index in [1.807, 2.05) is 60.7 Å². The molecule has 3 aromatic rings. The third-order valence-corrected chi connectivity index (χ3v) is 5.00. The van der Waals surface area contributed by atoms with E-state index in [2.05, 4.69) is 11.6 Å². The lowest BCUT2D eigenvalue weighted by molar-refractivity contribution is -0.136. The fourth-order valence-electron chi connectivity index (χ4n) is 3.24. The highest BCUT2D eigenvalue weighted by Crippen LogP contribution is 2.30. The van der Waals surface area contributed by atoms with Crippen molar-refractivity contribution < 1.29 is 19.0 Å². The van der Waals surface area contributed by atoms with E-state index in [0.29, 0.717) is 0 Å². The summed E-state index contributed by atoms with van der Waals surface area (Å²) in [5.41, 5.74) is 0.875. The number of esters is 1. The van der Waals surface area contributed by atoms with E-state index in [-0.39, 0.29) is 42.6 Å². The van der Waals surface area contributed by atoms with Crippen LogP contribution in [-0.2, 0) is 38.8 Å². The molecule has 2 aromatic carbocycles. The summed E-state index contributed by atoms with van der Waals surface area (Å²) in [5, 5.41) is 0. The number of nitrogens with one attached hydrogen (secondary N) is 1. The van der Waals surface area contributed by atoms with Gasteiger partial charge < -0.3 is 14.2 Å². The highest BCUT2D eigenvalue weighted by molar-refractivity contribution is 5.91. The van der Waals surface area contributed by atoms with Gasteiger partial charge in [-0.05, 0) is 17.2 Å². The summed E-state index contributed by atoms with van der Waals surface area (Å²) in [6, 6.07) is 18.8. The monoisotopic (exact) mass is 458 g/mol. The zero-order valence-electron chi connectivity index (χ0n) is 18.2. The molecule has 0 spiro atoms. The van der Waals surface area contributed by atoms with Gasteiger partial charge in [-0.15, -0.1) is 0 Å². The van der Waals surface area contributed by atoms with Gasteiger partial charge in [0.15, 0.2) is 5.76 Å². The van der Waals surface area contributed by atoms with Crippen molar-refractivity contribution in [3.8, 4) is 0 Å². The molecular weight excluding hydrogens is 436 g/mol. The second-order valence-corrected chi connectivity index (χ2v) is 7.36. The van der Waals surface area contributed by atoms with Crippen LogP contribution in [0.25, 0.3) is 6.08 Å². The highest BCUT2D eigenvalue weighted by atomic mass is 16.6. The second-order valence-electron chi connectivity index (χ2n) is 7.36. The molecule has 1 aliphatic heterocycles. The van der Waals surface area contributed by atoms with E-state index in [1.54, 1.807) is 0 Å². The lowest BCUT2D eigenvalue weighted by Crippen LogP contribution is -2.30. The molecule has 0 saturated heterocycles. The second kappa shape index (κ2) is 10.4. The van der Waals surface area contributed by atoms with Crippen LogP contribution < -0.4 is 11.2 Å². The van der Waals surface area contributed by atoms with Gasteiger partial charge in [0.25, 0.3) is 11.3 Å². The quantitative estimate of drug-likeness (QED) is 0.494. The fraction of sp³-hybridized carbons (Fsp3) is 0.115. The maximum atomic E-state index is 12.6. The molecule has 1 N–H and O–H groups in total. The van der Waals surface area contributed by atoms with Crippen molar-refractivity contribution in [2.24, 2.45) is 0 Å². The number of H-pyrrole nitrogens is 1. The number of hydrogen-bond donors (Lipinski definition) is 1. The average Bonchev–Trinajstić information content (AvgIpc) is 3.16. The lowest BCUT2D eigenvalue weighted by Gasteiger charge is -2.10.